The number of fused-ring (bicyclic) bond motifs is 9. The molecule has 0 unspecified atom stereocenters. The van der Waals surface area contributed by atoms with E-state index >= 15 is 0 Å². The van der Waals surface area contributed by atoms with Gasteiger partial charge in [-0.2, -0.15) is 0 Å². The van der Waals surface area contributed by atoms with Crippen LogP contribution in [0.15, 0.2) is 109 Å². The molecule has 0 bridgehead atoms. The first-order chi connectivity index (χ1) is 16.8. The topological polar surface area (TPSA) is 15.8 Å². The average molecular weight is 450 g/mol. The third-order valence-corrected chi connectivity index (χ3v) is 8.32. The van der Waals surface area contributed by atoms with Crippen molar-refractivity contribution in [1.29, 1.82) is 0 Å². The van der Waals surface area contributed by atoms with E-state index in [0.717, 1.165) is 0 Å². The van der Waals surface area contributed by atoms with Gasteiger partial charge in [-0.1, -0.05) is 84.9 Å². The zero-order valence-electron chi connectivity index (χ0n) is 18.3. The number of hydrogen-bond donors (Lipinski definition) is 1. The molecule has 8 rings (SSSR count). The van der Waals surface area contributed by atoms with Crippen molar-refractivity contribution in [2.45, 2.75) is 0 Å². The fourth-order valence-electron chi connectivity index (χ4n) is 5.56. The number of H-pyrrole nitrogens is 1. The highest BCUT2D eigenvalue weighted by Gasteiger charge is 2.13. The molecule has 0 aliphatic heterocycles. The van der Waals surface area contributed by atoms with E-state index in [1.165, 1.54) is 74.6 Å². The van der Waals surface area contributed by atoms with Crippen molar-refractivity contribution in [3.05, 3.63) is 109 Å². The minimum absolute atomic E-state index is 1.21. The molecule has 0 spiro atoms. The summed E-state index contributed by atoms with van der Waals surface area (Å²) in [5.41, 5.74) is 5.00. The van der Waals surface area contributed by atoms with Gasteiger partial charge in [-0.05, 0) is 51.6 Å². The van der Waals surface area contributed by atoms with Crippen LogP contribution >= 0.6 is 11.3 Å². The molecule has 34 heavy (non-hydrogen) atoms. The lowest BCUT2D eigenvalue weighted by molar-refractivity contribution is 1.58. The number of nitrogens with one attached hydrogen (secondary N) is 1. The number of rotatable bonds is 1. The third kappa shape index (κ3) is 2.49. The summed E-state index contributed by atoms with van der Waals surface area (Å²) in [6.07, 6.45) is 0. The third-order valence-electron chi connectivity index (χ3n) is 7.19. The van der Waals surface area contributed by atoms with Crippen molar-refractivity contribution in [3.8, 4) is 11.1 Å². The summed E-state index contributed by atoms with van der Waals surface area (Å²) in [5, 5.41) is 10.4. The lowest BCUT2D eigenvalue weighted by Gasteiger charge is -2.07. The highest BCUT2D eigenvalue weighted by atomic mass is 32.1. The minimum Gasteiger partial charge on any atom is -0.354 e. The van der Waals surface area contributed by atoms with Gasteiger partial charge in [-0.15, -0.1) is 11.3 Å². The lowest BCUT2D eigenvalue weighted by Crippen LogP contribution is -1.81. The van der Waals surface area contributed by atoms with Crippen molar-refractivity contribution in [1.82, 2.24) is 4.98 Å². The molecule has 0 fully saturated rings. The maximum Gasteiger partial charge on any atom is 0.0544 e. The van der Waals surface area contributed by atoms with Gasteiger partial charge in [0.1, 0.15) is 0 Å². The summed E-state index contributed by atoms with van der Waals surface area (Å²) in [5.74, 6) is 0. The Morgan fingerprint density at radius 3 is 2.15 bits per heavy atom. The highest BCUT2D eigenvalue weighted by molar-refractivity contribution is 7.25. The number of thiophene rings is 1. The number of benzene rings is 6. The Balaban J connectivity index is 1.42. The van der Waals surface area contributed by atoms with Crippen molar-refractivity contribution >= 4 is 74.9 Å². The van der Waals surface area contributed by atoms with E-state index in [1.807, 2.05) is 11.3 Å². The number of aromatic nitrogens is 1. The molecule has 0 atom stereocenters. The van der Waals surface area contributed by atoms with Crippen LogP contribution in [-0.4, -0.2) is 4.98 Å². The first kappa shape index (κ1) is 18.3. The zero-order valence-corrected chi connectivity index (χ0v) is 19.1. The maximum atomic E-state index is 3.72. The fraction of sp³-hybridized carbons (Fsp3) is 0. The molecule has 0 saturated heterocycles. The van der Waals surface area contributed by atoms with Crippen LogP contribution in [0.3, 0.4) is 0 Å². The second-order valence-electron chi connectivity index (χ2n) is 9.07. The number of hydrogen-bond acceptors (Lipinski definition) is 1. The Labute approximate surface area is 199 Å². The maximum absolute atomic E-state index is 3.72. The highest BCUT2D eigenvalue weighted by Crippen LogP contribution is 2.41. The molecule has 2 heterocycles. The summed E-state index contributed by atoms with van der Waals surface area (Å²) < 4.78 is 2.66. The van der Waals surface area contributed by atoms with Crippen LogP contribution in [0.4, 0.5) is 0 Å². The van der Waals surface area contributed by atoms with Crippen LogP contribution in [0, 0.1) is 0 Å². The van der Waals surface area contributed by atoms with Crippen LogP contribution in [0.25, 0.3) is 74.6 Å². The Hall–Kier alpha value is -4.14. The van der Waals surface area contributed by atoms with Crippen molar-refractivity contribution in [3.63, 3.8) is 0 Å². The Kier molecular flexibility index (Phi) is 3.60. The van der Waals surface area contributed by atoms with Gasteiger partial charge in [0.15, 0.2) is 0 Å². The van der Waals surface area contributed by atoms with E-state index in [9.17, 15) is 0 Å². The summed E-state index contributed by atoms with van der Waals surface area (Å²) in [7, 11) is 0. The molecule has 2 aromatic heterocycles. The molecule has 8 aromatic rings. The van der Waals surface area contributed by atoms with Crippen molar-refractivity contribution in [2.24, 2.45) is 0 Å². The average Bonchev–Trinajstić information content (AvgIpc) is 3.44. The first-order valence-electron chi connectivity index (χ1n) is 11.6. The monoisotopic (exact) mass is 449 g/mol. The van der Waals surface area contributed by atoms with E-state index in [0.29, 0.717) is 0 Å². The molecule has 0 amide bonds. The molecule has 2 heteroatoms. The quantitative estimate of drug-likeness (QED) is 0.257. The normalized spacial score (nSPS) is 12.1. The zero-order chi connectivity index (χ0) is 22.2. The predicted octanol–water partition coefficient (Wildman–Crippen LogP) is 9.66. The minimum atomic E-state index is 1.21. The van der Waals surface area contributed by atoms with Gasteiger partial charge in [0.05, 0.1) is 5.52 Å². The SMILES string of the molecule is c1ccc2c(-c3ccc4sc5cc6[nH]c7c8ccccc8ccc7c6cc5c4c3)cccc2c1. The largest absolute Gasteiger partial charge is 0.354 e. The van der Waals surface area contributed by atoms with E-state index in [2.05, 4.69) is 114 Å². The Bertz CT molecular complexity index is 2070. The Morgan fingerprint density at radius 1 is 0.471 bits per heavy atom. The summed E-state index contributed by atoms with van der Waals surface area (Å²) in [6.45, 7) is 0. The van der Waals surface area contributed by atoms with Gasteiger partial charge in [-0.3, -0.25) is 0 Å². The van der Waals surface area contributed by atoms with Gasteiger partial charge < -0.3 is 4.98 Å². The smallest absolute Gasteiger partial charge is 0.0544 e. The second-order valence-corrected chi connectivity index (χ2v) is 10.2. The predicted molar refractivity (Wildman–Crippen MR) is 149 cm³/mol. The Morgan fingerprint density at radius 2 is 1.24 bits per heavy atom. The molecule has 1 nitrogen and oxygen atoms in total. The van der Waals surface area contributed by atoms with Gasteiger partial charge in [-0.25, -0.2) is 0 Å². The molecular formula is C32H19NS. The van der Waals surface area contributed by atoms with E-state index in [4.69, 9.17) is 0 Å². The molecule has 0 aliphatic rings. The second kappa shape index (κ2) is 6.69. The standard InChI is InChI=1S/C32H19NS/c1-3-9-22-19(6-1)8-5-11-23(22)21-13-15-30-27(16-21)28-17-26-25-14-12-20-7-2-4-10-24(20)32(25)33-29(26)18-31(28)34-30/h1-18,33H. The van der Waals surface area contributed by atoms with Crippen molar-refractivity contribution in [2.75, 3.05) is 0 Å². The van der Waals surface area contributed by atoms with Gasteiger partial charge in [0, 0.05) is 41.8 Å². The van der Waals surface area contributed by atoms with Gasteiger partial charge in [0.2, 0.25) is 0 Å². The van der Waals surface area contributed by atoms with Crippen LogP contribution in [0.2, 0.25) is 0 Å². The lowest BCUT2D eigenvalue weighted by atomic mass is 9.97. The van der Waals surface area contributed by atoms with Crippen LogP contribution in [0.1, 0.15) is 0 Å². The van der Waals surface area contributed by atoms with Crippen LogP contribution < -0.4 is 0 Å². The van der Waals surface area contributed by atoms with Crippen LogP contribution in [0.5, 0.6) is 0 Å². The molecule has 6 aromatic carbocycles. The molecule has 158 valence electrons. The fourth-order valence-corrected chi connectivity index (χ4v) is 6.67. The molecule has 0 aliphatic carbocycles. The summed E-state index contributed by atoms with van der Waals surface area (Å²) in [4.78, 5) is 3.72. The number of aromatic amines is 1. The van der Waals surface area contributed by atoms with Gasteiger partial charge in [0.25, 0.3) is 0 Å². The summed E-state index contributed by atoms with van der Waals surface area (Å²) in [6, 6.07) is 40.0. The molecule has 0 radical (unpaired) electrons. The van der Waals surface area contributed by atoms with E-state index in [-0.39, 0.29) is 0 Å². The first-order valence-corrected chi connectivity index (χ1v) is 12.4. The summed E-state index contributed by atoms with van der Waals surface area (Å²) >= 11 is 1.88. The van der Waals surface area contributed by atoms with Crippen molar-refractivity contribution < 1.29 is 0 Å². The van der Waals surface area contributed by atoms with Gasteiger partial charge >= 0.3 is 0 Å². The van der Waals surface area contributed by atoms with E-state index in [1.54, 1.807) is 0 Å². The molecule has 1 N–H and O–H groups in total. The van der Waals surface area contributed by atoms with E-state index < -0.39 is 0 Å². The molecule has 0 saturated carbocycles. The molecular weight excluding hydrogens is 430 g/mol. The van der Waals surface area contributed by atoms with Crippen LogP contribution in [-0.2, 0) is 0 Å².